The summed E-state index contributed by atoms with van der Waals surface area (Å²) in [5, 5.41) is 2.67. The zero-order valence-electron chi connectivity index (χ0n) is 13.4. The number of rotatable bonds is 5. The van der Waals surface area contributed by atoms with E-state index in [1.54, 1.807) is 12.1 Å². The van der Waals surface area contributed by atoms with Crippen LogP contribution in [0.4, 0.5) is 5.69 Å². The Morgan fingerprint density at radius 2 is 1.96 bits per heavy atom. The quantitative estimate of drug-likeness (QED) is 0.818. The fraction of sp³-hybridized carbons (Fsp3) is 0.533. The van der Waals surface area contributed by atoms with Gasteiger partial charge in [0, 0.05) is 18.8 Å². The second-order valence-corrected chi connectivity index (χ2v) is 7.74. The minimum atomic E-state index is -3.59. The zero-order chi connectivity index (χ0) is 17.0. The molecule has 3 N–H and O–H groups in total. The first kappa shape index (κ1) is 17.9. The van der Waals surface area contributed by atoms with Crippen LogP contribution in [0.3, 0.4) is 0 Å². The molecule has 8 heteroatoms. The molecule has 0 aromatic heterocycles. The highest BCUT2D eigenvalue weighted by molar-refractivity contribution is 7.89. The van der Waals surface area contributed by atoms with Crippen molar-refractivity contribution in [2.75, 3.05) is 31.6 Å². The molecule has 1 aliphatic heterocycles. The highest BCUT2D eigenvalue weighted by Gasteiger charge is 2.26. The highest BCUT2D eigenvalue weighted by Crippen LogP contribution is 2.20. The van der Waals surface area contributed by atoms with E-state index in [4.69, 9.17) is 10.5 Å². The lowest BCUT2D eigenvalue weighted by molar-refractivity contribution is -0.118. The number of benzene rings is 1. The van der Waals surface area contributed by atoms with Crippen LogP contribution in [0.25, 0.3) is 0 Å². The minimum Gasteiger partial charge on any atom is -0.379 e. The zero-order valence-corrected chi connectivity index (χ0v) is 14.2. The molecule has 1 aromatic rings. The number of sulfonamides is 1. The van der Waals surface area contributed by atoms with Crippen LogP contribution in [-0.4, -0.2) is 51.0 Å². The van der Waals surface area contributed by atoms with Crippen LogP contribution in [0.2, 0.25) is 0 Å². The number of hydrogen-bond donors (Lipinski definition) is 2. The van der Waals surface area contributed by atoms with Crippen molar-refractivity contribution in [3.05, 3.63) is 24.3 Å². The Balaban J connectivity index is 2.17. The molecule has 0 saturated carbocycles. The number of carbonyl (C=O) groups excluding carboxylic acids is 1. The number of ether oxygens (including phenoxy) is 1. The van der Waals surface area contributed by atoms with E-state index in [1.165, 1.54) is 16.4 Å². The largest absolute Gasteiger partial charge is 0.379 e. The maximum atomic E-state index is 12.6. The van der Waals surface area contributed by atoms with Crippen LogP contribution < -0.4 is 11.1 Å². The van der Waals surface area contributed by atoms with Gasteiger partial charge in [0.2, 0.25) is 15.9 Å². The van der Waals surface area contributed by atoms with Crippen LogP contribution >= 0.6 is 0 Å². The lowest BCUT2D eigenvalue weighted by Crippen LogP contribution is -2.41. The van der Waals surface area contributed by atoms with E-state index in [-0.39, 0.29) is 16.7 Å². The molecule has 7 nitrogen and oxygen atoms in total. The Morgan fingerprint density at radius 3 is 2.57 bits per heavy atom. The average Bonchev–Trinajstić information content (AvgIpc) is 2.55. The molecule has 0 spiro atoms. The van der Waals surface area contributed by atoms with Gasteiger partial charge >= 0.3 is 0 Å². The van der Waals surface area contributed by atoms with Crippen molar-refractivity contribution in [2.24, 2.45) is 11.7 Å². The molecular weight excluding hydrogens is 318 g/mol. The summed E-state index contributed by atoms with van der Waals surface area (Å²) in [6.45, 7) is 5.14. The van der Waals surface area contributed by atoms with Crippen molar-refractivity contribution in [1.82, 2.24) is 4.31 Å². The van der Waals surface area contributed by atoms with Crippen molar-refractivity contribution in [2.45, 2.75) is 24.8 Å². The molecule has 0 unspecified atom stereocenters. The average molecular weight is 341 g/mol. The first-order valence-corrected chi connectivity index (χ1v) is 9.01. The lowest BCUT2D eigenvalue weighted by Gasteiger charge is -2.26. The van der Waals surface area contributed by atoms with Gasteiger partial charge in [-0.3, -0.25) is 4.79 Å². The topological polar surface area (TPSA) is 102 Å². The Bertz CT molecular complexity index is 654. The summed E-state index contributed by atoms with van der Waals surface area (Å²) >= 11 is 0. The Labute approximate surface area is 136 Å². The number of hydrogen-bond acceptors (Lipinski definition) is 5. The SMILES string of the molecule is CC(C)[C@H](N)C(=O)Nc1cccc(S(=O)(=O)N2CCOCC2)c1. The van der Waals surface area contributed by atoms with Crippen molar-refractivity contribution in [3.8, 4) is 0 Å². The molecule has 0 bridgehead atoms. The molecule has 1 saturated heterocycles. The monoisotopic (exact) mass is 341 g/mol. The third-order valence-electron chi connectivity index (χ3n) is 3.73. The molecule has 1 amide bonds. The number of amides is 1. The third kappa shape index (κ3) is 4.29. The second kappa shape index (κ2) is 7.39. The molecule has 1 aromatic carbocycles. The van der Waals surface area contributed by atoms with Crippen molar-refractivity contribution < 1.29 is 17.9 Å². The van der Waals surface area contributed by atoms with Crippen molar-refractivity contribution in [3.63, 3.8) is 0 Å². The van der Waals surface area contributed by atoms with Crippen LogP contribution in [-0.2, 0) is 19.6 Å². The molecule has 1 heterocycles. The van der Waals surface area contributed by atoms with Gasteiger partial charge in [-0.15, -0.1) is 0 Å². The molecule has 1 aliphatic rings. The number of nitrogens with two attached hydrogens (primary N) is 1. The van der Waals surface area contributed by atoms with Gasteiger partial charge in [-0.1, -0.05) is 19.9 Å². The third-order valence-corrected chi connectivity index (χ3v) is 5.63. The second-order valence-electron chi connectivity index (χ2n) is 5.80. The summed E-state index contributed by atoms with van der Waals surface area (Å²) < 4.78 is 31.8. The van der Waals surface area contributed by atoms with E-state index in [0.717, 1.165) is 0 Å². The summed E-state index contributed by atoms with van der Waals surface area (Å²) in [4.78, 5) is 12.2. The Kier molecular flexibility index (Phi) is 5.74. The van der Waals surface area contributed by atoms with Crippen LogP contribution in [0, 0.1) is 5.92 Å². The molecular formula is C15H23N3O4S. The van der Waals surface area contributed by atoms with E-state index < -0.39 is 16.1 Å². The van der Waals surface area contributed by atoms with Crippen molar-refractivity contribution >= 4 is 21.6 Å². The number of morpholine rings is 1. The van der Waals surface area contributed by atoms with Gasteiger partial charge in [0.15, 0.2) is 0 Å². The summed E-state index contributed by atoms with van der Waals surface area (Å²) in [6.07, 6.45) is 0. The Hall–Kier alpha value is -1.48. The van der Waals surface area contributed by atoms with E-state index in [9.17, 15) is 13.2 Å². The first-order chi connectivity index (χ1) is 10.8. The van der Waals surface area contributed by atoms with Gasteiger partial charge in [-0.05, 0) is 24.1 Å². The molecule has 23 heavy (non-hydrogen) atoms. The standard InChI is InChI=1S/C15H23N3O4S/c1-11(2)14(16)15(19)17-12-4-3-5-13(10-12)23(20,21)18-6-8-22-9-7-18/h3-5,10-11,14H,6-9,16H2,1-2H3,(H,17,19)/t14-/m0/s1. The maximum Gasteiger partial charge on any atom is 0.243 e. The maximum absolute atomic E-state index is 12.6. The lowest BCUT2D eigenvalue weighted by atomic mass is 10.1. The summed E-state index contributed by atoms with van der Waals surface area (Å²) in [5.41, 5.74) is 6.21. The molecule has 1 atom stereocenters. The first-order valence-electron chi connectivity index (χ1n) is 7.57. The van der Waals surface area contributed by atoms with Gasteiger partial charge in [-0.2, -0.15) is 4.31 Å². The molecule has 1 fully saturated rings. The summed E-state index contributed by atoms with van der Waals surface area (Å²) in [6, 6.07) is 5.57. The number of anilines is 1. The van der Waals surface area contributed by atoms with Crippen LogP contribution in [0.1, 0.15) is 13.8 Å². The van der Waals surface area contributed by atoms with Crippen LogP contribution in [0.15, 0.2) is 29.2 Å². The molecule has 2 rings (SSSR count). The Morgan fingerprint density at radius 1 is 1.30 bits per heavy atom. The van der Waals surface area contributed by atoms with Gasteiger partial charge in [-0.25, -0.2) is 8.42 Å². The smallest absolute Gasteiger partial charge is 0.243 e. The number of nitrogens with zero attached hydrogens (tertiary/aromatic N) is 1. The fourth-order valence-corrected chi connectivity index (χ4v) is 3.65. The summed E-state index contributed by atoms with van der Waals surface area (Å²) in [7, 11) is -3.59. The summed E-state index contributed by atoms with van der Waals surface area (Å²) in [5.74, 6) is -0.337. The predicted octanol–water partition coefficient (Wildman–Crippen LogP) is 0.629. The number of carbonyl (C=O) groups is 1. The van der Waals surface area contributed by atoms with E-state index in [2.05, 4.69) is 5.32 Å². The molecule has 0 aliphatic carbocycles. The van der Waals surface area contributed by atoms with Gasteiger partial charge < -0.3 is 15.8 Å². The van der Waals surface area contributed by atoms with Crippen LogP contribution in [0.5, 0.6) is 0 Å². The van der Waals surface area contributed by atoms with E-state index >= 15 is 0 Å². The fourth-order valence-electron chi connectivity index (χ4n) is 2.20. The van der Waals surface area contributed by atoms with E-state index in [1.807, 2.05) is 13.8 Å². The van der Waals surface area contributed by atoms with Gasteiger partial charge in [0.1, 0.15) is 0 Å². The predicted molar refractivity (Wildman–Crippen MR) is 87.5 cm³/mol. The minimum absolute atomic E-state index is 0.00438. The van der Waals surface area contributed by atoms with E-state index in [0.29, 0.717) is 32.0 Å². The van der Waals surface area contributed by atoms with Crippen molar-refractivity contribution in [1.29, 1.82) is 0 Å². The van der Waals surface area contributed by atoms with Gasteiger partial charge in [0.25, 0.3) is 0 Å². The molecule has 0 radical (unpaired) electrons. The van der Waals surface area contributed by atoms with Gasteiger partial charge in [0.05, 0.1) is 24.2 Å². The molecule has 128 valence electrons. The highest BCUT2D eigenvalue weighted by atomic mass is 32.2. The number of nitrogens with one attached hydrogen (secondary N) is 1. The normalized spacial score (nSPS) is 17.9.